The maximum absolute atomic E-state index is 5.49. The van der Waals surface area contributed by atoms with Gasteiger partial charge in [-0.3, -0.25) is 0 Å². The summed E-state index contributed by atoms with van der Waals surface area (Å²) in [6.07, 6.45) is 4.03. The molecule has 13 heavy (non-hydrogen) atoms. The molecule has 78 valence electrons. The minimum absolute atomic E-state index is 0.609. The molecular formula is C10H21ClN2. The summed E-state index contributed by atoms with van der Waals surface area (Å²) in [7, 11) is 0. The molecule has 0 spiro atoms. The molecule has 0 saturated heterocycles. The average Bonchev–Trinajstić information content (AvgIpc) is 2.17. The van der Waals surface area contributed by atoms with Crippen LogP contribution in [0, 0.1) is 0 Å². The number of allylic oxidation sites excluding steroid dienone is 1. The molecule has 0 fully saturated rings. The second-order valence-electron chi connectivity index (χ2n) is 2.86. The molecule has 3 heteroatoms. The first kappa shape index (κ1) is 12.9. The Morgan fingerprint density at radius 3 is 2.46 bits per heavy atom. The lowest BCUT2D eigenvalue weighted by Crippen LogP contribution is -2.31. The summed E-state index contributed by atoms with van der Waals surface area (Å²) >= 11 is 5.49. The average molecular weight is 205 g/mol. The van der Waals surface area contributed by atoms with Gasteiger partial charge in [0.25, 0.3) is 0 Å². The molecule has 1 N–H and O–H groups in total. The molecule has 0 aromatic heterocycles. The molecule has 0 saturated carbocycles. The largest absolute Gasteiger partial charge is 0.312 e. The van der Waals surface area contributed by atoms with Crippen LogP contribution in [-0.4, -0.2) is 43.5 Å². The Hall–Kier alpha value is -0.0500. The van der Waals surface area contributed by atoms with Crippen LogP contribution in [0.15, 0.2) is 12.2 Å². The molecule has 0 aliphatic rings. The van der Waals surface area contributed by atoms with Gasteiger partial charge in [-0.15, -0.1) is 11.6 Å². The zero-order valence-electron chi connectivity index (χ0n) is 8.72. The molecule has 0 rings (SSSR count). The Labute approximate surface area is 86.9 Å². The first-order valence-corrected chi connectivity index (χ1v) is 5.52. The van der Waals surface area contributed by atoms with Gasteiger partial charge in [-0.05, 0) is 13.1 Å². The number of hydrogen-bond donors (Lipinski definition) is 1. The van der Waals surface area contributed by atoms with Gasteiger partial charge in [0.2, 0.25) is 0 Å². The highest BCUT2D eigenvalue weighted by Gasteiger charge is 1.95. The normalized spacial score (nSPS) is 11.7. The minimum Gasteiger partial charge on any atom is -0.312 e. The van der Waals surface area contributed by atoms with Gasteiger partial charge in [-0.25, -0.2) is 0 Å². The fourth-order valence-electron chi connectivity index (χ4n) is 1.11. The van der Waals surface area contributed by atoms with E-state index in [4.69, 9.17) is 11.6 Å². The lowest BCUT2D eigenvalue weighted by molar-refractivity contribution is 0.304. The number of alkyl halides is 1. The van der Waals surface area contributed by atoms with E-state index in [1.54, 1.807) is 0 Å². The van der Waals surface area contributed by atoms with Crippen molar-refractivity contribution in [3.63, 3.8) is 0 Å². The summed E-state index contributed by atoms with van der Waals surface area (Å²) in [4.78, 5) is 2.40. The van der Waals surface area contributed by atoms with Gasteiger partial charge < -0.3 is 10.2 Å². The zero-order valence-corrected chi connectivity index (χ0v) is 9.48. The van der Waals surface area contributed by atoms with Crippen molar-refractivity contribution in [2.45, 2.75) is 13.8 Å². The Morgan fingerprint density at radius 2 is 1.92 bits per heavy atom. The van der Waals surface area contributed by atoms with Crippen molar-refractivity contribution in [1.82, 2.24) is 10.2 Å². The Balaban J connectivity index is 3.19. The van der Waals surface area contributed by atoms with Crippen molar-refractivity contribution in [2.24, 2.45) is 0 Å². The van der Waals surface area contributed by atoms with Crippen LogP contribution in [0.5, 0.6) is 0 Å². The SMILES string of the molecule is CCN(CC)CCNC/C=C/CCl. The molecule has 0 bridgehead atoms. The van der Waals surface area contributed by atoms with E-state index in [-0.39, 0.29) is 0 Å². The third-order valence-corrected chi connectivity index (χ3v) is 2.20. The van der Waals surface area contributed by atoms with Gasteiger partial charge in [-0.1, -0.05) is 26.0 Å². The molecule has 0 aliphatic heterocycles. The summed E-state index contributed by atoms with van der Waals surface area (Å²) in [6.45, 7) is 9.75. The predicted molar refractivity (Wildman–Crippen MR) is 60.5 cm³/mol. The van der Waals surface area contributed by atoms with Crippen LogP contribution in [0.2, 0.25) is 0 Å². The molecule has 0 aromatic rings. The molecule has 2 nitrogen and oxygen atoms in total. The van der Waals surface area contributed by atoms with Crippen LogP contribution in [0.4, 0.5) is 0 Å². The molecule has 0 unspecified atom stereocenters. The Morgan fingerprint density at radius 1 is 1.23 bits per heavy atom. The Bertz CT molecular complexity index is 122. The first-order chi connectivity index (χ1) is 6.35. The first-order valence-electron chi connectivity index (χ1n) is 4.99. The van der Waals surface area contributed by atoms with E-state index in [0.717, 1.165) is 32.7 Å². The second-order valence-corrected chi connectivity index (χ2v) is 3.17. The van der Waals surface area contributed by atoms with E-state index in [9.17, 15) is 0 Å². The molecule has 0 heterocycles. The number of nitrogens with zero attached hydrogens (tertiary/aromatic N) is 1. The number of hydrogen-bond acceptors (Lipinski definition) is 2. The number of likely N-dealkylation sites (N-methyl/N-ethyl adjacent to an activating group) is 1. The van der Waals surface area contributed by atoms with Gasteiger partial charge in [0.1, 0.15) is 0 Å². The van der Waals surface area contributed by atoms with Crippen LogP contribution in [0.1, 0.15) is 13.8 Å². The van der Waals surface area contributed by atoms with Crippen LogP contribution < -0.4 is 5.32 Å². The van der Waals surface area contributed by atoms with Gasteiger partial charge in [0, 0.05) is 25.5 Å². The smallest absolute Gasteiger partial charge is 0.0404 e. The highest BCUT2D eigenvalue weighted by Crippen LogP contribution is 1.84. The molecule has 0 atom stereocenters. The third kappa shape index (κ3) is 8.28. The molecule has 0 radical (unpaired) electrons. The summed E-state index contributed by atoms with van der Waals surface area (Å²) < 4.78 is 0. The van der Waals surface area contributed by atoms with Gasteiger partial charge >= 0.3 is 0 Å². The molecular weight excluding hydrogens is 184 g/mol. The van der Waals surface area contributed by atoms with E-state index in [2.05, 4.69) is 30.1 Å². The van der Waals surface area contributed by atoms with Crippen molar-refractivity contribution in [3.05, 3.63) is 12.2 Å². The lowest BCUT2D eigenvalue weighted by Gasteiger charge is -2.17. The molecule has 0 amide bonds. The standard InChI is InChI=1S/C10H21ClN2/c1-3-13(4-2)10-9-12-8-6-5-7-11/h5-6,12H,3-4,7-10H2,1-2H3/b6-5+. The minimum atomic E-state index is 0.609. The van der Waals surface area contributed by atoms with E-state index in [1.165, 1.54) is 0 Å². The van der Waals surface area contributed by atoms with Crippen LogP contribution in [-0.2, 0) is 0 Å². The van der Waals surface area contributed by atoms with Gasteiger partial charge in [0.15, 0.2) is 0 Å². The van der Waals surface area contributed by atoms with Gasteiger partial charge in [0.05, 0.1) is 0 Å². The molecule has 0 aliphatic carbocycles. The fourth-order valence-corrected chi connectivity index (χ4v) is 1.23. The Kier molecular flexibility index (Phi) is 10.00. The topological polar surface area (TPSA) is 15.3 Å². The fraction of sp³-hybridized carbons (Fsp3) is 0.800. The number of rotatable bonds is 8. The lowest BCUT2D eigenvalue weighted by atomic mass is 10.4. The van der Waals surface area contributed by atoms with Crippen LogP contribution in [0.25, 0.3) is 0 Å². The van der Waals surface area contributed by atoms with Crippen molar-refractivity contribution < 1.29 is 0 Å². The highest BCUT2D eigenvalue weighted by molar-refractivity contribution is 6.18. The number of nitrogens with one attached hydrogen (secondary N) is 1. The van der Waals surface area contributed by atoms with E-state index in [0.29, 0.717) is 5.88 Å². The summed E-state index contributed by atoms with van der Waals surface area (Å²) in [5.41, 5.74) is 0. The monoisotopic (exact) mass is 204 g/mol. The summed E-state index contributed by atoms with van der Waals surface area (Å²) in [5, 5.41) is 3.33. The zero-order chi connectivity index (χ0) is 9.94. The highest BCUT2D eigenvalue weighted by atomic mass is 35.5. The predicted octanol–water partition coefficient (Wildman–Crippen LogP) is 1.71. The number of halogens is 1. The van der Waals surface area contributed by atoms with Crippen molar-refractivity contribution in [1.29, 1.82) is 0 Å². The van der Waals surface area contributed by atoms with Crippen molar-refractivity contribution in [3.8, 4) is 0 Å². The van der Waals surface area contributed by atoms with Crippen LogP contribution in [0.3, 0.4) is 0 Å². The van der Waals surface area contributed by atoms with E-state index < -0.39 is 0 Å². The summed E-state index contributed by atoms with van der Waals surface area (Å²) in [6, 6.07) is 0. The van der Waals surface area contributed by atoms with Crippen molar-refractivity contribution in [2.75, 3.05) is 38.6 Å². The summed E-state index contributed by atoms with van der Waals surface area (Å²) in [5.74, 6) is 0.609. The second kappa shape index (κ2) is 10.0. The van der Waals surface area contributed by atoms with Crippen LogP contribution >= 0.6 is 11.6 Å². The van der Waals surface area contributed by atoms with E-state index >= 15 is 0 Å². The van der Waals surface area contributed by atoms with Crippen molar-refractivity contribution >= 4 is 11.6 Å². The quantitative estimate of drug-likeness (QED) is 0.368. The van der Waals surface area contributed by atoms with E-state index in [1.807, 2.05) is 6.08 Å². The van der Waals surface area contributed by atoms with Gasteiger partial charge in [-0.2, -0.15) is 0 Å². The third-order valence-electron chi connectivity index (χ3n) is 2.02. The maximum atomic E-state index is 5.49. The maximum Gasteiger partial charge on any atom is 0.0404 e. The molecule has 0 aromatic carbocycles.